The molecule has 3 atom stereocenters. The SMILES string of the molecule is CCCC[C@](O)(F)[C@@H](NS(=O)(=O)c1ccccc1)[C@@H](C)CC. The van der Waals surface area contributed by atoms with Crippen molar-refractivity contribution in [1.29, 1.82) is 0 Å². The van der Waals surface area contributed by atoms with Gasteiger partial charge in [-0.05, 0) is 24.5 Å². The molecule has 0 radical (unpaired) electrons. The van der Waals surface area contributed by atoms with Crippen LogP contribution in [0.1, 0.15) is 46.5 Å². The average molecular weight is 331 g/mol. The van der Waals surface area contributed by atoms with Crippen molar-refractivity contribution in [3.8, 4) is 0 Å². The van der Waals surface area contributed by atoms with Crippen molar-refractivity contribution in [2.45, 2.75) is 63.2 Å². The molecule has 1 rings (SSSR count). The Morgan fingerprint density at radius 2 is 1.86 bits per heavy atom. The molecule has 4 nitrogen and oxygen atoms in total. The summed E-state index contributed by atoms with van der Waals surface area (Å²) in [4.78, 5) is 0.0644. The van der Waals surface area contributed by atoms with Gasteiger partial charge < -0.3 is 5.11 Å². The average Bonchev–Trinajstić information content (AvgIpc) is 2.50. The van der Waals surface area contributed by atoms with Gasteiger partial charge in [0.25, 0.3) is 0 Å². The van der Waals surface area contributed by atoms with Gasteiger partial charge in [-0.2, -0.15) is 0 Å². The van der Waals surface area contributed by atoms with E-state index >= 15 is 0 Å². The molecule has 2 N–H and O–H groups in total. The highest BCUT2D eigenvalue weighted by atomic mass is 32.2. The Hall–Kier alpha value is -0.980. The second kappa shape index (κ2) is 8.04. The van der Waals surface area contributed by atoms with Crippen molar-refractivity contribution in [1.82, 2.24) is 4.72 Å². The molecule has 0 aliphatic rings. The maximum absolute atomic E-state index is 14.7. The van der Waals surface area contributed by atoms with E-state index < -0.39 is 21.9 Å². The van der Waals surface area contributed by atoms with E-state index in [9.17, 15) is 17.9 Å². The molecule has 0 heterocycles. The molecular weight excluding hydrogens is 305 g/mol. The quantitative estimate of drug-likeness (QED) is 0.730. The summed E-state index contributed by atoms with van der Waals surface area (Å²) in [7, 11) is -3.87. The minimum Gasteiger partial charge on any atom is -0.360 e. The van der Waals surface area contributed by atoms with Crippen LogP contribution in [0, 0.1) is 5.92 Å². The number of halogens is 1. The monoisotopic (exact) mass is 331 g/mol. The number of benzene rings is 1. The topological polar surface area (TPSA) is 66.4 Å². The third-order valence-electron chi connectivity index (χ3n) is 3.91. The molecule has 0 fully saturated rings. The van der Waals surface area contributed by atoms with Gasteiger partial charge in [0, 0.05) is 6.42 Å². The number of unbranched alkanes of at least 4 members (excludes halogenated alkanes) is 1. The summed E-state index contributed by atoms with van der Waals surface area (Å²) in [5, 5.41) is 10.1. The van der Waals surface area contributed by atoms with Crippen molar-refractivity contribution in [3.63, 3.8) is 0 Å². The molecule has 22 heavy (non-hydrogen) atoms. The van der Waals surface area contributed by atoms with E-state index in [1.165, 1.54) is 12.1 Å². The molecule has 0 spiro atoms. The summed E-state index contributed by atoms with van der Waals surface area (Å²) in [6, 6.07) is 6.63. The van der Waals surface area contributed by atoms with Gasteiger partial charge in [-0.25, -0.2) is 17.5 Å². The van der Waals surface area contributed by atoms with Crippen LogP contribution in [0.15, 0.2) is 35.2 Å². The van der Waals surface area contributed by atoms with E-state index in [2.05, 4.69) is 4.72 Å². The lowest BCUT2D eigenvalue weighted by molar-refractivity contribution is -0.130. The van der Waals surface area contributed by atoms with Gasteiger partial charge in [0.15, 0.2) is 0 Å². The number of hydrogen-bond donors (Lipinski definition) is 2. The van der Waals surface area contributed by atoms with Gasteiger partial charge in [-0.15, -0.1) is 0 Å². The summed E-state index contributed by atoms with van der Waals surface area (Å²) in [5.41, 5.74) is 0. The molecule has 0 saturated heterocycles. The lowest BCUT2D eigenvalue weighted by atomic mass is 9.91. The van der Waals surface area contributed by atoms with Gasteiger partial charge in [-0.1, -0.05) is 51.8 Å². The zero-order valence-corrected chi connectivity index (χ0v) is 14.2. The van der Waals surface area contributed by atoms with Crippen molar-refractivity contribution in [2.75, 3.05) is 0 Å². The number of sulfonamides is 1. The Morgan fingerprint density at radius 1 is 1.27 bits per heavy atom. The second-order valence-corrected chi connectivity index (χ2v) is 7.43. The third kappa shape index (κ3) is 5.04. The lowest BCUT2D eigenvalue weighted by Crippen LogP contribution is -2.53. The summed E-state index contributed by atoms with van der Waals surface area (Å²) in [6.45, 7) is 5.46. The first-order chi connectivity index (χ1) is 10.2. The zero-order chi connectivity index (χ0) is 16.8. The van der Waals surface area contributed by atoms with Crippen molar-refractivity contribution >= 4 is 10.0 Å². The maximum atomic E-state index is 14.7. The molecule has 0 unspecified atom stereocenters. The molecule has 1 aromatic carbocycles. The Morgan fingerprint density at radius 3 is 2.36 bits per heavy atom. The maximum Gasteiger partial charge on any atom is 0.241 e. The first kappa shape index (κ1) is 19.1. The normalized spacial score (nSPS) is 17.7. The van der Waals surface area contributed by atoms with Crippen molar-refractivity contribution in [2.24, 2.45) is 5.92 Å². The number of rotatable bonds is 9. The standard InChI is InChI=1S/C16H26FNO3S/c1-4-6-12-16(17,19)15(13(3)5-2)18-22(20,21)14-10-8-7-9-11-14/h7-11,13,15,18-19H,4-6,12H2,1-3H3/t13-,15-,16+/m0/s1. The fourth-order valence-electron chi connectivity index (χ4n) is 2.29. The minimum absolute atomic E-state index is 0.0644. The first-order valence-corrected chi connectivity index (χ1v) is 9.21. The van der Waals surface area contributed by atoms with Crippen LogP contribution in [0.3, 0.4) is 0 Å². The number of hydrogen-bond acceptors (Lipinski definition) is 3. The second-order valence-electron chi connectivity index (χ2n) is 5.72. The summed E-state index contributed by atoms with van der Waals surface area (Å²) in [6.07, 6.45) is 1.69. The molecule has 0 bridgehead atoms. The Balaban J connectivity index is 3.04. The zero-order valence-electron chi connectivity index (χ0n) is 13.4. The van der Waals surface area contributed by atoms with Gasteiger partial charge >= 0.3 is 0 Å². The van der Waals surface area contributed by atoms with E-state index in [1.54, 1.807) is 25.1 Å². The van der Waals surface area contributed by atoms with Crippen LogP contribution in [0.25, 0.3) is 0 Å². The van der Waals surface area contributed by atoms with E-state index in [-0.39, 0.29) is 17.2 Å². The van der Waals surface area contributed by atoms with Gasteiger partial charge in [0.2, 0.25) is 15.9 Å². The molecule has 0 aliphatic heterocycles. The van der Waals surface area contributed by atoms with Crippen LogP contribution in [-0.4, -0.2) is 25.4 Å². The first-order valence-electron chi connectivity index (χ1n) is 7.73. The number of nitrogens with one attached hydrogen (secondary N) is 1. The predicted octanol–water partition coefficient (Wildman–Crippen LogP) is 3.23. The Bertz CT molecular complexity index is 546. The smallest absolute Gasteiger partial charge is 0.241 e. The molecular formula is C16H26FNO3S. The van der Waals surface area contributed by atoms with E-state index in [0.29, 0.717) is 12.8 Å². The van der Waals surface area contributed by atoms with Crippen molar-refractivity contribution < 1.29 is 17.9 Å². The van der Waals surface area contributed by atoms with Crippen LogP contribution in [0.2, 0.25) is 0 Å². The van der Waals surface area contributed by atoms with Crippen molar-refractivity contribution in [3.05, 3.63) is 30.3 Å². The Labute approximate surface area is 132 Å². The summed E-state index contributed by atoms with van der Waals surface area (Å²) < 4.78 is 41.8. The van der Waals surface area contributed by atoms with Crippen LogP contribution in [-0.2, 0) is 10.0 Å². The molecule has 0 aromatic heterocycles. The molecule has 1 aromatic rings. The predicted molar refractivity (Wildman–Crippen MR) is 85.6 cm³/mol. The van der Waals surface area contributed by atoms with Gasteiger partial charge in [-0.3, -0.25) is 0 Å². The highest BCUT2D eigenvalue weighted by Crippen LogP contribution is 2.28. The van der Waals surface area contributed by atoms with E-state index in [0.717, 1.165) is 6.42 Å². The summed E-state index contributed by atoms with van der Waals surface area (Å²) >= 11 is 0. The van der Waals surface area contributed by atoms with E-state index in [1.807, 2.05) is 13.8 Å². The highest BCUT2D eigenvalue weighted by molar-refractivity contribution is 7.89. The van der Waals surface area contributed by atoms with Crippen LogP contribution in [0.5, 0.6) is 0 Å². The highest BCUT2D eigenvalue weighted by Gasteiger charge is 2.41. The molecule has 0 saturated carbocycles. The fourth-order valence-corrected chi connectivity index (χ4v) is 3.69. The number of aliphatic hydroxyl groups is 1. The molecule has 0 amide bonds. The molecule has 0 aliphatic carbocycles. The third-order valence-corrected chi connectivity index (χ3v) is 5.36. The minimum atomic E-state index is -3.87. The fraction of sp³-hybridized carbons (Fsp3) is 0.625. The number of alkyl halides is 1. The van der Waals surface area contributed by atoms with Gasteiger partial charge in [0.1, 0.15) is 0 Å². The van der Waals surface area contributed by atoms with Gasteiger partial charge in [0.05, 0.1) is 10.9 Å². The van der Waals surface area contributed by atoms with E-state index in [4.69, 9.17) is 0 Å². The lowest BCUT2D eigenvalue weighted by Gasteiger charge is -2.33. The molecule has 6 heteroatoms. The summed E-state index contributed by atoms with van der Waals surface area (Å²) in [5.74, 6) is -2.89. The van der Waals surface area contributed by atoms with Crippen LogP contribution >= 0.6 is 0 Å². The largest absolute Gasteiger partial charge is 0.360 e. The molecule has 126 valence electrons. The van der Waals surface area contributed by atoms with Crippen LogP contribution < -0.4 is 4.72 Å². The Kier molecular flexibility index (Phi) is 6.97. The van der Waals surface area contributed by atoms with Crippen LogP contribution in [0.4, 0.5) is 4.39 Å².